The smallest absolute Gasteiger partial charge is 0.0951 e. The molecule has 17 heavy (non-hydrogen) atoms. The molecule has 1 saturated carbocycles. The predicted octanol–water partition coefficient (Wildman–Crippen LogP) is 1.82. The van der Waals surface area contributed by atoms with E-state index in [9.17, 15) is 0 Å². The highest BCUT2D eigenvalue weighted by molar-refractivity contribution is 5.00. The van der Waals surface area contributed by atoms with E-state index in [4.69, 9.17) is 5.73 Å². The Balaban J connectivity index is 1.83. The first-order chi connectivity index (χ1) is 8.16. The maximum absolute atomic E-state index is 5.91. The van der Waals surface area contributed by atoms with Gasteiger partial charge in [-0.1, -0.05) is 0 Å². The molecule has 96 valence electrons. The van der Waals surface area contributed by atoms with Crippen molar-refractivity contribution in [1.29, 1.82) is 0 Å². The van der Waals surface area contributed by atoms with Crippen LogP contribution < -0.4 is 11.1 Å². The Morgan fingerprint density at radius 2 is 2.12 bits per heavy atom. The molecular formula is C13H24N4. The second-order valence-corrected chi connectivity index (χ2v) is 5.38. The van der Waals surface area contributed by atoms with Gasteiger partial charge in [0.2, 0.25) is 0 Å². The lowest BCUT2D eigenvalue weighted by Crippen LogP contribution is -2.37. The molecule has 0 radical (unpaired) electrons. The van der Waals surface area contributed by atoms with Gasteiger partial charge in [-0.05, 0) is 39.5 Å². The predicted molar refractivity (Wildman–Crippen MR) is 69.7 cm³/mol. The average molecular weight is 236 g/mol. The summed E-state index contributed by atoms with van der Waals surface area (Å²) in [5.74, 6) is 0. The molecule has 0 spiro atoms. The first kappa shape index (κ1) is 12.6. The number of imidazole rings is 1. The fourth-order valence-electron chi connectivity index (χ4n) is 2.51. The topological polar surface area (TPSA) is 55.9 Å². The summed E-state index contributed by atoms with van der Waals surface area (Å²) in [5.41, 5.74) is 7.18. The molecule has 1 aliphatic rings. The van der Waals surface area contributed by atoms with Crippen LogP contribution in [0.15, 0.2) is 12.5 Å². The molecular weight excluding hydrogens is 212 g/mol. The Bertz CT molecular complexity index is 337. The van der Waals surface area contributed by atoms with Crippen LogP contribution in [0, 0.1) is 0 Å². The molecule has 1 heterocycles. The van der Waals surface area contributed by atoms with Crippen molar-refractivity contribution in [2.24, 2.45) is 5.73 Å². The summed E-state index contributed by atoms with van der Waals surface area (Å²) in [4.78, 5) is 4.22. The van der Waals surface area contributed by atoms with E-state index in [1.54, 1.807) is 0 Å². The Hall–Kier alpha value is -0.870. The molecule has 0 bridgehead atoms. The lowest BCUT2D eigenvalue weighted by atomic mass is 9.92. The number of nitrogens with one attached hydrogen (secondary N) is 1. The number of nitrogens with two attached hydrogens (primary N) is 1. The van der Waals surface area contributed by atoms with Gasteiger partial charge in [-0.2, -0.15) is 0 Å². The van der Waals surface area contributed by atoms with Gasteiger partial charge in [0.15, 0.2) is 0 Å². The van der Waals surface area contributed by atoms with Crippen LogP contribution in [0.4, 0.5) is 0 Å². The molecule has 1 aromatic rings. The molecule has 0 amide bonds. The molecule has 1 fully saturated rings. The summed E-state index contributed by atoms with van der Waals surface area (Å²) < 4.78 is 2.22. The van der Waals surface area contributed by atoms with Crippen LogP contribution in [0.3, 0.4) is 0 Å². The van der Waals surface area contributed by atoms with E-state index in [1.807, 2.05) is 12.5 Å². The fraction of sp³-hybridized carbons (Fsp3) is 0.769. The number of hydrogen-bond donors (Lipinski definition) is 2. The summed E-state index contributed by atoms with van der Waals surface area (Å²) in [6, 6.07) is 1.54. The molecule has 1 aliphatic carbocycles. The average Bonchev–Trinajstić information content (AvgIpc) is 2.76. The zero-order valence-corrected chi connectivity index (χ0v) is 10.9. The minimum absolute atomic E-state index is 0.425. The van der Waals surface area contributed by atoms with Crippen molar-refractivity contribution in [3.05, 3.63) is 18.2 Å². The monoisotopic (exact) mass is 236 g/mol. The number of nitrogens with zero attached hydrogens (tertiary/aromatic N) is 2. The van der Waals surface area contributed by atoms with Gasteiger partial charge in [0, 0.05) is 30.9 Å². The molecule has 4 heteroatoms. The highest BCUT2D eigenvalue weighted by atomic mass is 15.1. The maximum Gasteiger partial charge on any atom is 0.0951 e. The van der Waals surface area contributed by atoms with Crippen molar-refractivity contribution in [3.63, 3.8) is 0 Å². The molecule has 0 saturated heterocycles. The fourth-order valence-corrected chi connectivity index (χ4v) is 2.51. The molecule has 0 atom stereocenters. The van der Waals surface area contributed by atoms with Gasteiger partial charge in [-0.3, -0.25) is 0 Å². The minimum Gasteiger partial charge on any atom is -0.331 e. The molecule has 0 aliphatic heterocycles. The third kappa shape index (κ3) is 3.30. The zero-order valence-electron chi connectivity index (χ0n) is 10.9. The lowest BCUT2D eigenvalue weighted by Gasteiger charge is -2.27. The van der Waals surface area contributed by atoms with Crippen molar-refractivity contribution in [2.75, 3.05) is 0 Å². The maximum atomic E-state index is 5.91. The summed E-state index contributed by atoms with van der Waals surface area (Å²) >= 11 is 0. The highest BCUT2D eigenvalue weighted by Crippen LogP contribution is 2.17. The molecule has 1 aromatic heterocycles. The van der Waals surface area contributed by atoms with Crippen molar-refractivity contribution < 1.29 is 0 Å². The highest BCUT2D eigenvalue weighted by Gasteiger charge is 2.18. The van der Waals surface area contributed by atoms with Gasteiger partial charge < -0.3 is 15.6 Å². The molecule has 4 nitrogen and oxygen atoms in total. The largest absolute Gasteiger partial charge is 0.331 e. The van der Waals surface area contributed by atoms with E-state index in [1.165, 1.54) is 18.5 Å². The lowest BCUT2D eigenvalue weighted by molar-refractivity contribution is 0.338. The molecule has 0 unspecified atom stereocenters. The number of aromatic nitrogens is 2. The second kappa shape index (κ2) is 5.65. The summed E-state index contributed by atoms with van der Waals surface area (Å²) in [5, 5.41) is 3.62. The van der Waals surface area contributed by atoms with Crippen LogP contribution in [0.2, 0.25) is 0 Å². The Kier molecular flexibility index (Phi) is 4.18. The van der Waals surface area contributed by atoms with E-state index in [0.717, 1.165) is 19.4 Å². The van der Waals surface area contributed by atoms with Crippen LogP contribution in [0.25, 0.3) is 0 Å². The van der Waals surface area contributed by atoms with Crippen molar-refractivity contribution in [1.82, 2.24) is 14.9 Å². The SMILES string of the molecule is CC(C)n1cncc1CNC1CCC(N)CC1. The van der Waals surface area contributed by atoms with Crippen LogP contribution in [0.1, 0.15) is 51.3 Å². The van der Waals surface area contributed by atoms with E-state index in [2.05, 4.69) is 28.7 Å². The standard InChI is InChI=1S/C13H24N4/c1-10(2)17-9-15-7-13(17)8-16-12-5-3-11(14)4-6-12/h7,9-12,16H,3-6,8,14H2,1-2H3. The molecule has 0 aromatic carbocycles. The van der Waals surface area contributed by atoms with Crippen molar-refractivity contribution in [2.45, 2.75) is 64.2 Å². The van der Waals surface area contributed by atoms with Gasteiger partial charge in [0.1, 0.15) is 0 Å². The van der Waals surface area contributed by atoms with Gasteiger partial charge in [-0.25, -0.2) is 4.98 Å². The van der Waals surface area contributed by atoms with Gasteiger partial charge >= 0.3 is 0 Å². The van der Waals surface area contributed by atoms with E-state index in [-0.39, 0.29) is 0 Å². The van der Waals surface area contributed by atoms with Crippen molar-refractivity contribution >= 4 is 0 Å². The number of rotatable bonds is 4. The van der Waals surface area contributed by atoms with Crippen molar-refractivity contribution in [3.8, 4) is 0 Å². The van der Waals surface area contributed by atoms with Gasteiger partial charge in [-0.15, -0.1) is 0 Å². The minimum atomic E-state index is 0.425. The van der Waals surface area contributed by atoms with Crippen LogP contribution in [-0.2, 0) is 6.54 Å². The van der Waals surface area contributed by atoms with Crippen LogP contribution >= 0.6 is 0 Å². The molecule has 3 N–H and O–H groups in total. The Morgan fingerprint density at radius 3 is 2.76 bits per heavy atom. The Labute approximate surface area is 104 Å². The third-order valence-electron chi connectivity index (χ3n) is 3.65. The van der Waals surface area contributed by atoms with Crippen LogP contribution in [-0.4, -0.2) is 21.6 Å². The van der Waals surface area contributed by atoms with E-state index in [0.29, 0.717) is 18.1 Å². The zero-order chi connectivity index (χ0) is 12.3. The normalized spacial score (nSPS) is 25.4. The second-order valence-electron chi connectivity index (χ2n) is 5.38. The Morgan fingerprint density at radius 1 is 1.41 bits per heavy atom. The van der Waals surface area contributed by atoms with Gasteiger partial charge in [0.25, 0.3) is 0 Å². The quantitative estimate of drug-likeness (QED) is 0.838. The first-order valence-electron chi connectivity index (χ1n) is 6.66. The molecule has 2 rings (SSSR count). The van der Waals surface area contributed by atoms with E-state index < -0.39 is 0 Å². The number of hydrogen-bond acceptors (Lipinski definition) is 3. The summed E-state index contributed by atoms with van der Waals surface area (Å²) in [6.45, 7) is 5.29. The van der Waals surface area contributed by atoms with Gasteiger partial charge in [0.05, 0.1) is 12.0 Å². The summed E-state index contributed by atoms with van der Waals surface area (Å²) in [7, 11) is 0. The first-order valence-corrected chi connectivity index (χ1v) is 6.66. The summed E-state index contributed by atoms with van der Waals surface area (Å²) in [6.07, 6.45) is 8.59. The van der Waals surface area contributed by atoms with E-state index >= 15 is 0 Å². The third-order valence-corrected chi connectivity index (χ3v) is 3.65. The van der Waals surface area contributed by atoms with Crippen LogP contribution in [0.5, 0.6) is 0 Å².